The van der Waals surface area contributed by atoms with Gasteiger partial charge in [-0.2, -0.15) is 0 Å². The van der Waals surface area contributed by atoms with Crippen LogP contribution in [0.15, 0.2) is 10.9 Å². The molecular weight excluding hydrogens is 210 g/mol. The Morgan fingerprint density at radius 2 is 2.47 bits per heavy atom. The quantitative estimate of drug-likeness (QED) is 0.774. The van der Waals surface area contributed by atoms with Crippen molar-refractivity contribution in [3.63, 3.8) is 0 Å². The van der Waals surface area contributed by atoms with Crippen LogP contribution in [0.1, 0.15) is 24.3 Å². The van der Waals surface area contributed by atoms with Gasteiger partial charge < -0.3 is 10.2 Å². The van der Waals surface area contributed by atoms with E-state index in [9.17, 15) is 4.79 Å². The molecule has 0 bridgehead atoms. The lowest BCUT2D eigenvalue weighted by Crippen LogP contribution is -2.59. The largest absolute Gasteiger partial charge is 0.330 e. The molecule has 1 aliphatic heterocycles. The average Bonchev–Trinajstić information content (AvgIpc) is 2.69. The maximum absolute atomic E-state index is 12.1. The number of amides is 1. The topological polar surface area (TPSA) is 45.2 Å². The maximum Gasteiger partial charge on any atom is 0.273 e. The summed E-state index contributed by atoms with van der Waals surface area (Å²) in [6.07, 6.45) is 0. The molecule has 1 aliphatic rings. The Balaban J connectivity index is 2.19. The molecule has 0 unspecified atom stereocenters. The Morgan fingerprint density at radius 3 is 3.07 bits per heavy atom. The summed E-state index contributed by atoms with van der Waals surface area (Å²) in [5, 5.41) is 5.10. The van der Waals surface area contributed by atoms with Crippen molar-refractivity contribution in [2.45, 2.75) is 19.4 Å². The minimum absolute atomic E-state index is 0.0442. The van der Waals surface area contributed by atoms with E-state index < -0.39 is 0 Å². The number of aromatic nitrogens is 1. The van der Waals surface area contributed by atoms with E-state index in [1.54, 1.807) is 10.9 Å². The molecule has 0 atom stereocenters. The van der Waals surface area contributed by atoms with E-state index in [0.29, 0.717) is 5.69 Å². The van der Waals surface area contributed by atoms with Crippen molar-refractivity contribution in [2.75, 3.05) is 19.6 Å². The van der Waals surface area contributed by atoms with Crippen molar-refractivity contribution in [3.05, 3.63) is 16.6 Å². The summed E-state index contributed by atoms with van der Waals surface area (Å²) in [5.74, 6) is 0.0442. The van der Waals surface area contributed by atoms with E-state index >= 15 is 0 Å². The van der Waals surface area contributed by atoms with E-state index in [1.165, 1.54) is 11.3 Å². The predicted molar refractivity (Wildman–Crippen MR) is 60.1 cm³/mol. The van der Waals surface area contributed by atoms with Crippen LogP contribution in [0.3, 0.4) is 0 Å². The minimum atomic E-state index is -0.126. The first-order valence-electron chi connectivity index (χ1n) is 5.02. The lowest BCUT2D eigenvalue weighted by atomic mass is 10.00. The van der Waals surface area contributed by atoms with E-state index in [-0.39, 0.29) is 11.4 Å². The van der Waals surface area contributed by atoms with Gasteiger partial charge in [-0.25, -0.2) is 4.98 Å². The van der Waals surface area contributed by atoms with Crippen LogP contribution < -0.4 is 5.32 Å². The van der Waals surface area contributed by atoms with Crippen molar-refractivity contribution >= 4 is 17.2 Å². The monoisotopic (exact) mass is 225 g/mol. The number of piperazine rings is 1. The third-order valence-electron chi connectivity index (χ3n) is 2.70. The zero-order valence-electron chi connectivity index (χ0n) is 8.99. The van der Waals surface area contributed by atoms with E-state index in [1.807, 2.05) is 4.90 Å². The van der Waals surface area contributed by atoms with Crippen LogP contribution in [-0.2, 0) is 0 Å². The molecule has 1 aromatic rings. The fourth-order valence-electron chi connectivity index (χ4n) is 1.82. The Morgan fingerprint density at radius 1 is 1.67 bits per heavy atom. The highest BCUT2D eigenvalue weighted by molar-refractivity contribution is 7.07. The molecule has 1 fully saturated rings. The number of nitrogens with zero attached hydrogens (tertiary/aromatic N) is 2. The first-order valence-corrected chi connectivity index (χ1v) is 5.96. The fraction of sp³-hybridized carbons (Fsp3) is 0.600. The van der Waals surface area contributed by atoms with Crippen molar-refractivity contribution in [1.82, 2.24) is 15.2 Å². The molecule has 2 heterocycles. The third-order valence-corrected chi connectivity index (χ3v) is 3.28. The van der Waals surface area contributed by atoms with Crippen LogP contribution in [0.25, 0.3) is 0 Å². The van der Waals surface area contributed by atoms with Gasteiger partial charge in [-0.1, -0.05) is 0 Å². The summed E-state index contributed by atoms with van der Waals surface area (Å²) in [7, 11) is 0. The number of rotatable bonds is 1. The third kappa shape index (κ3) is 2.03. The molecule has 1 amide bonds. The first kappa shape index (κ1) is 10.6. The second kappa shape index (κ2) is 3.90. The molecule has 4 nitrogen and oxygen atoms in total. The summed E-state index contributed by atoms with van der Waals surface area (Å²) in [6, 6.07) is 0. The number of thiazole rings is 1. The number of nitrogens with one attached hydrogen (secondary N) is 1. The van der Waals surface area contributed by atoms with Crippen molar-refractivity contribution in [2.24, 2.45) is 0 Å². The standard InChI is InChI=1S/C10H15N3OS/c1-10(2)6-11-3-4-13(10)9(14)8-5-15-7-12-8/h5,7,11H,3-4,6H2,1-2H3. The number of hydrogen-bond donors (Lipinski definition) is 1. The van der Waals surface area contributed by atoms with Gasteiger partial charge in [0.25, 0.3) is 5.91 Å². The highest BCUT2D eigenvalue weighted by Crippen LogP contribution is 2.19. The number of carbonyl (C=O) groups excluding carboxylic acids is 1. The molecule has 2 rings (SSSR count). The molecule has 0 spiro atoms. The zero-order chi connectivity index (χ0) is 10.9. The highest BCUT2D eigenvalue weighted by atomic mass is 32.1. The first-order chi connectivity index (χ1) is 7.11. The van der Waals surface area contributed by atoms with Gasteiger partial charge in [-0.05, 0) is 13.8 Å². The summed E-state index contributed by atoms with van der Waals surface area (Å²) in [5.41, 5.74) is 2.14. The van der Waals surface area contributed by atoms with Gasteiger partial charge in [-0.3, -0.25) is 4.79 Å². The molecule has 0 saturated carbocycles. The van der Waals surface area contributed by atoms with Crippen molar-refractivity contribution < 1.29 is 4.79 Å². The van der Waals surface area contributed by atoms with E-state index in [4.69, 9.17) is 0 Å². The SMILES string of the molecule is CC1(C)CNCCN1C(=O)c1cscn1. The fourth-order valence-corrected chi connectivity index (χ4v) is 2.34. The van der Waals surface area contributed by atoms with Gasteiger partial charge in [0, 0.05) is 25.0 Å². The molecule has 15 heavy (non-hydrogen) atoms. The Kier molecular flexibility index (Phi) is 2.75. The molecule has 0 radical (unpaired) electrons. The highest BCUT2D eigenvalue weighted by Gasteiger charge is 2.34. The normalized spacial score (nSPS) is 20.3. The van der Waals surface area contributed by atoms with Crippen LogP contribution >= 0.6 is 11.3 Å². The number of carbonyl (C=O) groups is 1. The predicted octanol–water partition coefficient (Wildman–Crippen LogP) is 0.967. The summed E-state index contributed by atoms with van der Waals surface area (Å²) in [6.45, 7) is 6.60. The Bertz CT molecular complexity index is 348. The Hall–Kier alpha value is -0.940. The van der Waals surface area contributed by atoms with Crippen LogP contribution in [0.2, 0.25) is 0 Å². The smallest absolute Gasteiger partial charge is 0.273 e. The molecule has 1 aromatic heterocycles. The van der Waals surface area contributed by atoms with Gasteiger partial charge in [-0.15, -0.1) is 11.3 Å². The molecule has 0 aliphatic carbocycles. The number of hydrogen-bond acceptors (Lipinski definition) is 4. The molecule has 5 heteroatoms. The lowest BCUT2D eigenvalue weighted by Gasteiger charge is -2.42. The van der Waals surface area contributed by atoms with Crippen LogP contribution in [0.5, 0.6) is 0 Å². The van der Waals surface area contributed by atoms with Gasteiger partial charge in [0.1, 0.15) is 5.69 Å². The van der Waals surface area contributed by atoms with E-state index in [0.717, 1.165) is 19.6 Å². The van der Waals surface area contributed by atoms with Gasteiger partial charge in [0.2, 0.25) is 0 Å². The van der Waals surface area contributed by atoms with Gasteiger partial charge in [0.05, 0.1) is 11.0 Å². The average molecular weight is 225 g/mol. The molecule has 82 valence electrons. The zero-order valence-corrected chi connectivity index (χ0v) is 9.80. The summed E-state index contributed by atoms with van der Waals surface area (Å²) >= 11 is 1.46. The lowest BCUT2D eigenvalue weighted by molar-refractivity contribution is 0.0472. The second-order valence-corrected chi connectivity index (χ2v) is 5.04. The van der Waals surface area contributed by atoms with Gasteiger partial charge >= 0.3 is 0 Å². The van der Waals surface area contributed by atoms with Crippen LogP contribution in [-0.4, -0.2) is 41.0 Å². The summed E-state index contributed by atoms with van der Waals surface area (Å²) < 4.78 is 0. The van der Waals surface area contributed by atoms with Crippen molar-refractivity contribution in [3.8, 4) is 0 Å². The van der Waals surface area contributed by atoms with Gasteiger partial charge in [0.15, 0.2) is 0 Å². The molecular formula is C10H15N3OS. The maximum atomic E-state index is 12.1. The molecule has 1 saturated heterocycles. The second-order valence-electron chi connectivity index (χ2n) is 4.32. The van der Waals surface area contributed by atoms with Crippen LogP contribution in [0.4, 0.5) is 0 Å². The molecule has 0 aromatic carbocycles. The Labute approximate surface area is 93.3 Å². The molecule has 1 N–H and O–H groups in total. The van der Waals surface area contributed by atoms with E-state index in [2.05, 4.69) is 24.1 Å². The van der Waals surface area contributed by atoms with Crippen molar-refractivity contribution in [1.29, 1.82) is 0 Å². The summed E-state index contributed by atoms with van der Waals surface area (Å²) in [4.78, 5) is 18.1. The van der Waals surface area contributed by atoms with Crippen LogP contribution in [0, 0.1) is 0 Å². The minimum Gasteiger partial charge on any atom is -0.330 e.